The van der Waals surface area contributed by atoms with Gasteiger partial charge in [-0.15, -0.1) is 5.10 Å². The number of carbonyl (C=O) groups is 1. The summed E-state index contributed by atoms with van der Waals surface area (Å²) in [5, 5.41) is 15.5. The summed E-state index contributed by atoms with van der Waals surface area (Å²) in [7, 11) is 0. The first-order valence-corrected chi connectivity index (χ1v) is 8.99. The molecule has 2 aliphatic carbocycles. The Bertz CT molecular complexity index is 651. The van der Waals surface area contributed by atoms with Gasteiger partial charge in [0.05, 0.1) is 12.0 Å². The molecule has 0 radical (unpaired) electrons. The molecule has 8 heteroatoms. The lowest BCUT2D eigenvalue weighted by Gasteiger charge is -2.17. The maximum atomic E-state index is 12.2. The standard InChI is InChI=1S/C15H19N5O2S/c21-13(16-14(10-3-4-10)11-5-6-11)9-23-15-17-18-19-20(15)8-12-2-1-7-22-12/h1-2,7,10-11,14H,3-6,8-9H2,(H,16,21). The molecule has 0 unspecified atom stereocenters. The van der Waals surface area contributed by atoms with Gasteiger partial charge >= 0.3 is 0 Å². The van der Waals surface area contributed by atoms with E-state index < -0.39 is 0 Å². The average molecular weight is 333 g/mol. The number of furan rings is 1. The van der Waals surface area contributed by atoms with Crippen LogP contribution < -0.4 is 5.32 Å². The lowest BCUT2D eigenvalue weighted by atomic mass is 10.1. The number of tetrazole rings is 1. The van der Waals surface area contributed by atoms with Crippen molar-refractivity contribution in [3.63, 3.8) is 0 Å². The molecule has 2 saturated carbocycles. The summed E-state index contributed by atoms with van der Waals surface area (Å²) in [5.41, 5.74) is 0. The first kappa shape index (κ1) is 14.7. The second kappa shape index (κ2) is 6.35. The number of hydrogen-bond donors (Lipinski definition) is 1. The van der Waals surface area contributed by atoms with Gasteiger partial charge in [-0.2, -0.15) is 0 Å². The van der Waals surface area contributed by atoms with Crippen molar-refractivity contribution in [1.29, 1.82) is 0 Å². The molecule has 2 heterocycles. The van der Waals surface area contributed by atoms with Gasteiger partial charge in [-0.05, 0) is 60.1 Å². The summed E-state index contributed by atoms with van der Waals surface area (Å²) in [6.45, 7) is 0.469. The van der Waals surface area contributed by atoms with E-state index in [0.717, 1.165) is 5.76 Å². The lowest BCUT2D eigenvalue weighted by molar-refractivity contribution is -0.119. The number of carbonyl (C=O) groups excluding carboxylic acids is 1. The fourth-order valence-electron chi connectivity index (χ4n) is 2.84. The minimum Gasteiger partial charge on any atom is -0.467 e. The molecule has 0 aliphatic heterocycles. The van der Waals surface area contributed by atoms with Gasteiger partial charge in [0.15, 0.2) is 0 Å². The molecule has 0 aromatic carbocycles. The Hall–Kier alpha value is -1.83. The quantitative estimate of drug-likeness (QED) is 0.740. The SMILES string of the molecule is O=C(CSc1nnnn1Cc1ccco1)NC(C1CC1)C1CC1. The highest BCUT2D eigenvalue weighted by Gasteiger charge is 2.42. The van der Waals surface area contributed by atoms with E-state index in [-0.39, 0.29) is 5.91 Å². The Morgan fingerprint density at radius 1 is 1.39 bits per heavy atom. The maximum absolute atomic E-state index is 12.2. The third-order valence-corrected chi connectivity index (χ3v) is 5.26. The normalized spacial score (nSPS) is 17.6. The highest BCUT2D eigenvalue weighted by Crippen LogP contribution is 2.44. The summed E-state index contributed by atoms with van der Waals surface area (Å²) >= 11 is 1.36. The molecule has 122 valence electrons. The van der Waals surface area contributed by atoms with Gasteiger partial charge in [0.2, 0.25) is 11.1 Å². The van der Waals surface area contributed by atoms with Crippen LogP contribution in [0, 0.1) is 11.8 Å². The van der Waals surface area contributed by atoms with Crippen molar-refractivity contribution in [2.24, 2.45) is 11.8 Å². The zero-order valence-electron chi connectivity index (χ0n) is 12.7. The Kier molecular flexibility index (Phi) is 4.07. The monoisotopic (exact) mass is 333 g/mol. The highest BCUT2D eigenvalue weighted by atomic mass is 32.2. The summed E-state index contributed by atoms with van der Waals surface area (Å²) < 4.78 is 6.95. The van der Waals surface area contributed by atoms with E-state index >= 15 is 0 Å². The van der Waals surface area contributed by atoms with Crippen LogP contribution in [0.25, 0.3) is 0 Å². The van der Waals surface area contributed by atoms with Crippen molar-refractivity contribution >= 4 is 17.7 Å². The predicted octanol–water partition coefficient (Wildman–Crippen LogP) is 1.71. The minimum atomic E-state index is 0.0753. The first-order chi connectivity index (χ1) is 11.3. The Morgan fingerprint density at radius 2 is 2.17 bits per heavy atom. The van der Waals surface area contributed by atoms with Gasteiger partial charge in [-0.1, -0.05) is 11.8 Å². The zero-order chi connectivity index (χ0) is 15.6. The molecule has 1 amide bonds. The van der Waals surface area contributed by atoms with Crippen LogP contribution in [-0.2, 0) is 11.3 Å². The molecular weight excluding hydrogens is 314 g/mol. The van der Waals surface area contributed by atoms with Crippen LogP contribution in [0.15, 0.2) is 28.0 Å². The zero-order valence-corrected chi connectivity index (χ0v) is 13.5. The van der Waals surface area contributed by atoms with Crippen LogP contribution in [0.4, 0.5) is 0 Å². The van der Waals surface area contributed by atoms with Gasteiger partial charge in [0, 0.05) is 6.04 Å². The van der Waals surface area contributed by atoms with Crippen molar-refractivity contribution in [2.45, 2.75) is 43.4 Å². The fraction of sp³-hybridized carbons (Fsp3) is 0.600. The van der Waals surface area contributed by atoms with E-state index in [9.17, 15) is 4.79 Å². The number of aromatic nitrogens is 4. The molecule has 2 aliphatic rings. The maximum Gasteiger partial charge on any atom is 0.230 e. The van der Waals surface area contributed by atoms with Gasteiger partial charge < -0.3 is 9.73 Å². The molecule has 2 fully saturated rings. The van der Waals surface area contributed by atoms with Crippen molar-refractivity contribution in [3.05, 3.63) is 24.2 Å². The largest absolute Gasteiger partial charge is 0.467 e. The molecule has 7 nitrogen and oxygen atoms in total. The van der Waals surface area contributed by atoms with E-state index in [2.05, 4.69) is 20.8 Å². The molecule has 4 rings (SSSR count). The summed E-state index contributed by atoms with van der Waals surface area (Å²) in [6.07, 6.45) is 6.66. The summed E-state index contributed by atoms with van der Waals surface area (Å²) in [4.78, 5) is 12.2. The molecular formula is C15H19N5O2S. The molecule has 1 N–H and O–H groups in total. The highest BCUT2D eigenvalue weighted by molar-refractivity contribution is 7.99. The fourth-order valence-corrected chi connectivity index (χ4v) is 3.53. The van der Waals surface area contributed by atoms with Crippen LogP contribution in [0.5, 0.6) is 0 Å². The first-order valence-electron chi connectivity index (χ1n) is 8.00. The number of nitrogens with zero attached hydrogens (tertiary/aromatic N) is 4. The van der Waals surface area contributed by atoms with Crippen LogP contribution in [0.2, 0.25) is 0 Å². The Balaban J connectivity index is 1.30. The number of nitrogens with one attached hydrogen (secondary N) is 1. The van der Waals surface area contributed by atoms with Crippen molar-refractivity contribution in [2.75, 3.05) is 5.75 Å². The Labute approximate surface area is 138 Å². The molecule has 0 atom stereocenters. The van der Waals surface area contributed by atoms with E-state index in [1.165, 1.54) is 37.4 Å². The van der Waals surface area contributed by atoms with Gasteiger partial charge in [0.1, 0.15) is 12.3 Å². The number of thioether (sulfide) groups is 1. The molecule has 0 bridgehead atoms. The van der Waals surface area contributed by atoms with E-state index in [4.69, 9.17) is 4.42 Å². The van der Waals surface area contributed by atoms with Crippen LogP contribution in [0.1, 0.15) is 31.4 Å². The van der Waals surface area contributed by atoms with Crippen LogP contribution in [-0.4, -0.2) is 37.9 Å². The van der Waals surface area contributed by atoms with Gasteiger partial charge in [0.25, 0.3) is 0 Å². The van der Waals surface area contributed by atoms with E-state index in [1.807, 2.05) is 12.1 Å². The smallest absolute Gasteiger partial charge is 0.230 e. The molecule has 23 heavy (non-hydrogen) atoms. The lowest BCUT2D eigenvalue weighted by Crippen LogP contribution is -2.39. The molecule has 0 saturated heterocycles. The predicted molar refractivity (Wildman–Crippen MR) is 83.7 cm³/mol. The van der Waals surface area contributed by atoms with Crippen molar-refractivity contribution in [1.82, 2.24) is 25.5 Å². The summed E-state index contributed by atoms with van der Waals surface area (Å²) in [6, 6.07) is 4.09. The van der Waals surface area contributed by atoms with Gasteiger partial charge in [-0.25, -0.2) is 4.68 Å². The van der Waals surface area contributed by atoms with E-state index in [0.29, 0.717) is 35.3 Å². The van der Waals surface area contributed by atoms with Crippen molar-refractivity contribution < 1.29 is 9.21 Å². The van der Waals surface area contributed by atoms with Crippen LogP contribution in [0.3, 0.4) is 0 Å². The minimum absolute atomic E-state index is 0.0753. The second-order valence-corrected chi connectivity index (χ2v) is 7.20. The number of rotatable bonds is 8. The van der Waals surface area contributed by atoms with Crippen molar-refractivity contribution in [3.8, 4) is 0 Å². The Morgan fingerprint density at radius 3 is 2.83 bits per heavy atom. The topological polar surface area (TPSA) is 85.8 Å². The number of hydrogen-bond acceptors (Lipinski definition) is 6. The summed E-state index contributed by atoms with van der Waals surface area (Å²) in [5.74, 6) is 2.62. The number of amides is 1. The van der Waals surface area contributed by atoms with Gasteiger partial charge in [-0.3, -0.25) is 4.79 Å². The molecule has 2 aromatic rings. The average Bonchev–Trinajstić information content (AvgIpc) is 3.47. The van der Waals surface area contributed by atoms with E-state index in [1.54, 1.807) is 10.9 Å². The molecule has 2 aromatic heterocycles. The second-order valence-electron chi connectivity index (χ2n) is 6.26. The third kappa shape index (κ3) is 3.74. The third-order valence-electron chi connectivity index (χ3n) is 4.30. The molecule has 0 spiro atoms. The van der Waals surface area contributed by atoms with Crippen LogP contribution >= 0.6 is 11.8 Å².